The van der Waals surface area contributed by atoms with Crippen LogP contribution in [-0.2, 0) is 19.1 Å². The number of aliphatic hydroxyl groups is 2. The Balaban J connectivity index is 2.21. The fourth-order valence-corrected chi connectivity index (χ4v) is 6.01. The summed E-state index contributed by atoms with van der Waals surface area (Å²) in [6.07, 6.45) is 33.1. The summed E-state index contributed by atoms with van der Waals surface area (Å²) in [6, 6.07) is 0. The van der Waals surface area contributed by atoms with Crippen molar-refractivity contribution < 1.29 is 29.3 Å². The smallest absolute Gasteiger partial charge is 0.305 e. The molecule has 0 aromatic carbocycles. The van der Waals surface area contributed by atoms with Crippen molar-refractivity contribution in [3.63, 3.8) is 0 Å². The molecule has 1 aliphatic carbocycles. The Morgan fingerprint density at radius 2 is 1.36 bits per heavy atom. The molecule has 260 valence electrons. The molecule has 1 aliphatic rings. The molecule has 0 saturated heterocycles. The first-order valence-corrected chi connectivity index (χ1v) is 18.6. The average molecular weight is 633 g/mol. The van der Waals surface area contributed by atoms with E-state index in [9.17, 15) is 19.8 Å². The molecule has 0 aliphatic heterocycles. The molecule has 1 fully saturated rings. The van der Waals surface area contributed by atoms with Gasteiger partial charge in [0.2, 0.25) is 0 Å². The van der Waals surface area contributed by atoms with Crippen LogP contribution in [0.5, 0.6) is 0 Å². The summed E-state index contributed by atoms with van der Waals surface area (Å²) in [5, 5.41) is 21.1. The van der Waals surface area contributed by atoms with Crippen molar-refractivity contribution in [2.75, 3.05) is 6.61 Å². The van der Waals surface area contributed by atoms with Crippen molar-refractivity contribution in [2.24, 2.45) is 11.8 Å². The largest absolute Gasteiger partial charge is 0.466 e. The normalized spacial score (nSPS) is 20.9. The van der Waals surface area contributed by atoms with Crippen molar-refractivity contribution in [2.45, 2.75) is 180 Å². The summed E-state index contributed by atoms with van der Waals surface area (Å²) >= 11 is 0. The van der Waals surface area contributed by atoms with E-state index in [0.717, 1.165) is 44.9 Å². The number of esters is 2. The van der Waals surface area contributed by atoms with Crippen LogP contribution in [-0.4, -0.2) is 47.1 Å². The van der Waals surface area contributed by atoms with Crippen molar-refractivity contribution in [1.29, 1.82) is 0 Å². The Kier molecular flexibility index (Phi) is 25.9. The lowest BCUT2D eigenvalue weighted by Gasteiger charge is -2.22. The van der Waals surface area contributed by atoms with Crippen LogP contribution >= 0.6 is 0 Å². The molecule has 0 spiro atoms. The number of unbranched alkanes of at least 4 members (excludes halogenated alkanes) is 13. The molecule has 0 heterocycles. The van der Waals surface area contributed by atoms with Crippen LogP contribution in [0, 0.1) is 11.8 Å². The van der Waals surface area contributed by atoms with E-state index in [1.54, 1.807) is 6.92 Å². The lowest BCUT2D eigenvalue weighted by atomic mass is 9.89. The second-order valence-corrected chi connectivity index (χ2v) is 12.9. The van der Waals surface area contributed by atoms with Gasteiger partial charge in [0.15, 0.2) is 0 Å². The quantitative estimate of drug-likeness (QED) is 0.0507. The molecule has 0 aromatic rings. The van der Waals surface area contributed by atoms with Gasteiger partial charge >= 0.3 is 11.9 Å². The minimum Gasteiger partial charge on any atom is -0.466 e. The topological polar surface area (TPSA) is 93.1 Å². The summed E-state index contributed by atoms with van der Waals surface area (Å²) in [6.45, 7) is 6.67. The van der Waals surface area contributed by atoms with E-state index in [2.05, 4.69) is 38.2 Å². The molecule has 0 radical (unpaired) electrons. The monoisotopic (exact) mass is 633 g/mol. The molecule has 45 heavy (non-hydrogen) atoms. The summed E-state index contributed by atoms with van der Waals surface area (Å²) < 4.78 is 11.1. The predicted octanol–water partition coefficient (Wildman–Crippen LogP) is 9.72. The van der Waals surface area contributed by atoms with Crippen LogP contribution < -0.4 is 0 Å². The minimum absolute atomic E-state index is 0.0816. The van der Waals surface area contributed by atoms with Gasteiger partial charge in [0.05, 0.1) is 18.8 Å². The third kappa shape index (κ3) is 21.5. The van der Waals surface area contributed by atoms with Crippen LogP contribution in [0.4, 0.5) is 0 Å². The summed E-state index contributed by atoms with van der Waals surface area (Å²) in [7, 11) is 0. The van der Waals surface area contributed by atoms with Crippen molar-refractivity contribution in [1.82, 2.24) is 0 Å². The SMILES string of the molecule is CCCCCC/C=C\CCCCCCCCOC(=O)CCC/C=C\C[C@@H]1[C@@H](/C=C/[C@@H](O)CCCCC)[C@H](OC(=O)CC)C[C@@H]1O. The van der Waals surface area contributed by atoms with Gasteiger partial charge in [-0.1, -0.05) is 121 Å². The highest BCUT2D eigenvalue weighted by Crippen LogP contribution is 2.38. The maximum atomic E-state index is 12.1. The Bertz CT molecular complexity index is 818. The fraction of sp³-hybridized carbons (Fsp3) is 0.795. The summed E-state index contributed by atoms with van der Waals surface area (Å²) in [5.74, 6) is -0.608. The molecule has 0 unspecified atom stereocenters. The molecule has 0 amide bonds. The Hall–Kier alpha value is -1.92. The van der Waals surface area contributed by atoms with Crippen LogP contribution in [0.25, 0.3) is 0 Å². The number of hydrogen-bond donors (Lipinski definition) is 2. The zero-order valence-corrected chi connectivity index (χ0v) is 29.1. The first-order valence-electron chi connectivity index (χ1n) is 18.6. The molecule has 5 atom stereocenters. The highest BCUT2D eigenvalue weighted by atomic mass is 16.5. The maximum Gasteiger partial charge on any atom is 0.305 e. The van der Waals surface area contributed by atoms with E-state index in [1.807, 2.05) is 12.2 Å². The molecular formula is C39H68O6. The molecule has 2 N–H and O–H groups in total. The van der Waals surface area contributed by atoms with E-state index in [4.69, 9.17) is 9.47 Å². The van der Waals surface area contributed by atoms with E-state index in [-0.39, 0.29) is 29.9 Å². The number of hydrogen-bond acceptors (Lipinski definition) is 6. The maximum absolute atomic E-state index is 12.1. The van der Waals surface area contributed by atoms with Gasteiger partial charge < -0.3 is 19.7 Å². The zero-order chi connectivity index (χ0) is 33.0. The third-order valence-corrected chi connectivity index (χ3v) is 8.87. The van der Waals surface area contributed by atoms with E-state index >= 15 is 0 Å². The Morgan fingerprint density at radius 3 is 2.04 bits per heavy atom. The molecule has 1 saturated carbocycles. The molecule has 6 nitrogen and oxygen atoms in total. The standard InChI is InChI=1S/C39H68O6/c1-4-7-9-10-11-12-13-14-15-16-17-18-21-25-31-44-39(43)28-24-20-19-23-27-34-35(30-29-33(40)26-22-8-5-2)37(32-36(34)41)45-38(42)6-3/h12-13,19,23,29-30,33-37,40-41H,4-11,14-18,20-22,24-28,31-32H2,1-3H3/b13-12-,23-19-,30-29+/t33-,34+,35+,36-,37+/m0/s1. The van der Waals surface area contributed by atoms with Gasteiger partial charge in [0.25, 0.3) is 0 Å². The van der Waals surface area contributed by atoms with Crippen LogP contribution in [0.2, 0.25) is 0 Å². The summed E-state index contributed by atoms with van der Waals surface area (Å²) in [5.41, 5.74) is 0. The van der Waals surface area contributed by atoms with Crippen molar-refractivity contribution in [3.05, 3.63) is 36.5 Å². The zero-order valence-electron chi connectivity index (χ0n) is 29.1. The number of carbonyl (C=O) groups is 2. The lowest BCUT2D eigenvalue weighted by Crippen LogP contribution is -2.24. The molecule has 6 heteroatoms. The highest BCUT2D eigenvalue weighted by Gasteiger charge is 2.42. The predicted molar refractivity (Wildman–Crippen MR) is 186 cm³/mol. The second kappa shape index (κ2) is 28.3. The Labute approximate surface area is 276 Å². The van der Waals surface area contributed by atoms with Gasteiger partial charge in [-0.3, -0.25) is 9.59 Å². The van der Waals surface area contributed by atoms with Gasteiger partial charge in [-0.25, -0.2) is 0 Å². The van der Waals surface area contributed by atoms with E-state index in [0.29, 0.717) is 38.7 Å². The summed E-state index contributed by atoms with van der Waals surface area (Å²) in [4.78, 5) is 24.1. The van der Waals surface area contributed by atoms with Crippen LogP contribution in [0.1, 0.15) is 162 Å². The number of aliphatic hydroxyl groups excluding tert-OH is 2. The van der Waals surface area contributed by atoms with Crippen LogP contribution in [0.3, 0.4) is 0 Å². The number of ether oxygens (including phenoxy) is 2. The first-order chi connectivity index (χ1) is 21.9. The van der Waals surface area contributed by atoms with Gasteiger partial charge in [-0.2, -0.15) is 0 Å². The van der Waals surface area contributed by atoms with E-state index < -0.39 is 12.2 Å². The van der Waals surface area contributed by atoms with Gasteiger partial charge in [0, 0.05) is 25.2 Å². The van der Waals surface area contributed by atoms with Crippen LogP contribution in [0.15, 0.2) is 36.5 Å². The second-order valence-electron chi connectivity index (χ2n) is 12.9. The van der Waals surface area contributed by atoms with Gasteiger partial charge in [0.1, 0.15) is 6.10 Å². The number of rotatable bonds is 28. The van der Waals surface area contributed by atoms with Gasteiger partial charge in [-0.15, -0.1) is 0 Å². The minimum atomic E-state index is -0.571. The Morgan fingerprint density at radius 1 is 0.756 bits per heavy atom. The first kappa shape index (κ1) is 41.1. The number of carbonyl (C=O) groups excluding carboxylic acids is 2. The molecular weight excluding hydrogens is 564 g/mol. The highest BCUT2D eigenvalue weighted by molar-refractivity contribution is 5.69. The molecule has 1 rings (SSSR count). The van der Waals surface area contributed by atoms with Gasteiger partial charge in [-0.05, 0) is 63.7 Å². The van der Waals surface area contributed by atoms with E-state index in [1.165, 1.54) is 64.2 Å². The lowest BCUT2D eigenvalue weighted by molar-refractivity contribution is -0.150. The third-order valence-electron chi connectivity index (χ3n) is 8.87. The fourth-order valence-electron chi connectivity index (χ4n) is 6.01. The van der Waals surface area contributed by atoms with Crippen molar-refractivity contribution >= 4 is 11.9 Å². The number of allylic oxidation sites excluding steroid dienone is 4. The van der Waals surface area contributed by atoms with Crippen molar-refractivity contribution in [3.8, 4) is 0 Å². The molecule has 0 bridgehead atoms. The average Bonchev–Trinajstić information content (AvgIpc) is 3.32. The molecule has 0 aromatic heterocycles.